The van der Waals surface area contributed by atoms with Gasteiger partial charge in [0.2, 0.25) is 0 Å². The maximum absolute atomic E-state index is 12.3. The van der Waals surface area contributed by atoms with Crippen LogP contribution in [0.5, 0.6) is 0 Å². The van der Waals surface area contributed by atoms with Crippen molar-refractivity contribution in [2.45, 2.75) is 12.8 Å². The van der Waals surface area contributed by atoms with Crippen LogP contribution >= 0.6 is 0 Å². The van der Waals surface area contributed by atoms with Gasteiger partial charge < -0.3 is 15.3 Å². The van der Waals surface area contributed by atoms with Crippen LogP contribution < -0.4 is 5.32 Å². The number of rotatable bonds is 3. The van der Waals surface area contributed by atoms with Gasteiger partial charge in [-0.2, -0.15) is 0 Å². The van der Waals surface area contributed by atoms with Crippen molar-refractivity contribution in [1.82, 2.24) is 4.90 Å². The fourth-order valence-corrected chi connectivity index (χ4v) is 2.90. The number of hydrogen-bond acceptors (Lipinski definition) is 2. The lowest BCUT2D eigenvalue weighted by Gasteiger charge is -2.31. The molecule has 1 aliphatic rings. The highest BCUT2D eigenvalue weighted by Gasteiger charge is 2.22. The monoisotopic (exact) mass is 310 g/mol. The van der Waals surface area contributed by atoms with E-state index in [1.807, 2.05) is 47.4 Å². The van der Waals surface area contributed by atoms with E-state index in [-0.39, 0.29) is 12.6 Å². The zero-order valence-corrected chi connectivity index (χ0v) is 13.1. The van der Waals surface area contributed by atoms with Crippen molar-refractivity contribution >= 4 is 11.7 Å². The topological polar surface area (TPSA) is 52.6 Å². The number of carbonyl (C=O) groups is 1. The number of nitrogens with one attached hydrogen (secondary N) is 1. The van der Waals surface area contributed by atoms with Crippen molar-refractivity contribution in [3.8, 4) is 11.1 Å². The molecule has 4 heteroatoms. The minimum atomic E-state index is -0.0612. The summed E-state index contributed by atoms with van der Waals surface area (Å²) in [5, 5.41) is 12.1. The van der Waals surface area contributed by atoms with E-state index in [2.05, 4.69) is 17.4 Å². The predicted octanol–water partition coefficient (Wildman–Crippen LogP) is 3.59. The molecule has 0 atom stereocenters. The molecule has 0 saturated carbocycles. The Kier molecular flexibility index (Phi) is 4.93. The molecule has 2 aromatic rings. The van der Waals surface area contributed by atoms with E-state index in [1.165, 1.54) is 0 Å². The summed E-state index contributed by atoms with van der Waals surface area (Å²) in [6.45, 7) is 1.63. The molecule has 2 N–H and O–H groups in total. The third-order valence-electron chi connectivity index (χ3n) is 4.40. The average molecular weight is 310 g/mol. The summed E-state index contributed by atoms with van der Waals surface area (Å²) in [6.07, 6.45) is 1.74. The first kappa shape index (κ1) is 15.6. The molecule has 0 aliphatic carbocycles. The van der Waals surface area contributed by atoms with Crippen molar-refractivity contribution in [2.75, 3.05) is 25.0 Å². The standard InChI is InChI=1S/C19H22N2O2/c22-14-15-10-12-21(13-11-15)19(23)20-18-8-6-17(7-9-18)16-4-2-1-3-5-16/h1-9,15,22H,10-14H2,(H,20,23). The van der Waals surface area contributed by atoms with Gasteiger partial charge in [-0.1, -0.05) is 42.5 Å². The van der Waals surface area contributed by atoms with E-state index in [0.717, 1.165) is 29.7 Å². The van der Waals surface area contributed by atoms with E-state index >= 15 is 0 Å². The molecule has 1 heterocycles. The van der Waals surface area contributed by atoms with Crippen molar-refractivity contribution in [2.24, 2.45) is 5.92 Å². The van der Waals surface area contributed by atoms with E-state index in [9.17, 15) is 4.79 Å². The number of carbonyl (C=O) groups excluding carboxylic acids is 1. The number of hydrogen-bond donors (Lipinski definition) is 2. The molecule has 0 bridgehead atoms. The van der Waals surface area contributed by atoms with Crippen LogP contribution in [0.2, 0.25) is 0 Å². The lowest BCUT2D eigenvalue weighted by molar-refractivity contribution is 0.143. The van der Waals surface area contributed by atoms with Crippen molar-refractivity contribution in [1.29, 1.82) is 0 Å². The summed E-state index contributed by atoms with van der Waals surface area (Å²) in [4.78, 5) is 14.1. The molecule has 23 heavy (non-hydrogen) atoms. The van der Waals surface area contributed by atoms with Crippen LogP contribution in [0.25, 0.3) is 11.1 Å². The first-order valence-electron chi connectivity index (χ1n) is 8.08. The molecule has 1 aliphatic heterocycles. The fraction of sp³-hybridized carbons (Fsp3) is 0.316. The molecule has 0 unspecified atom stereocenters. The van der Waals surface area contributed by atoms with Gasteiger partial charge in [-0.3, -0.25) is 0 Å². The van der Waals surface area contributed by atoms with Gasteiger partial charge >= 0.3 is 6.03 Å². The summed E-state index contributed by atoms with van der Waals surface area (Å²) >= 11 is 0. The summed E-state index contributed by atoms with van der Waals surface area (Å²) < 4.78 is 0. The third-order valence-corrected chi connectivity index (χ3v) is 4.40. The van der Waals surface area contributed by atoms with E-state index in [0.29, 0.717) is 19.0 Å². The number of piperidine rings is 1. The molecular formula is C19H22N2O2. The Morgan fingerprint density at radius 3 is 2.22 bits per heavy atom. The SMILES string of the molecule is O=C(Nc1ccc(-c2ccccc2)cc1)N1CCC(CO)CC1. The van der Waals surface area contributed by atoms with Crippen LogP contribution in [-0.4, -0.2) is 35.7 Å². The largest absolute Gasteiger partial charge is 0.396 e. The molecule has 2 aromatic carbocycles. The number of aliphatic hydroxyl groups excluding tert-OH is 1. The van der Waals surface area contributed by atoms with Gasteiger partial charge in [0.05, 0.1) is 0 Å². The maximum Gasteiger partial charge on any atom is 0.321 e. The Morgan fingerprint density at radius 1 is 1.00 bits per heavy atom. The molecule has 1 saturated heterocycles. The summed E-state index contributed by atoms with van der Waals surface area (Å²) in [5.41, 5.74) is 3.10. The summed E-state index contributed by atoms with van der Waals surface area (Å²) in [5.74, 6) is 0.337. The number of anilines is 1. The Labute approximate surface area is 136 Å². The second-order valence-electron chi connectivity index (χ2n) is 5.99. The Morgan fingerprint density at radius 2 is 1.61 bits per heavy atom. The highest BCUT2D eigenvalue weighted by atomic mass is 16.3. The quantitative estimate of drug-likeness (QED) is 0.910. The smallest absolute Gasteiger partial charge is 0.321 e. The second kappa shape index (κ2) is 7.29. The summed E-state index contributed by atoms with van der Waals surface area (Å²) in [7, 11) is 0. The van der Waals surface area contributed by atoms with Crippen molar-refractivity contribution < 1.29 is 9.90 Å². The maximum atomic E-state index is 12.3. The minimum Gasteiger partial charge on any atom is -0.396 e. The van der Waals surface area contributed by atoms with E-state index in [1.54, 1.807) is 0 Å². The van der Waals surface area contributed by atoms with Gasteiger partial charge in [0.25, 0.3) is 0 Å². The van der Waals surface area contributed by atoms with Gasteiger partial charge in [0, 0.05) is 25.4 Å². The first-order valence-corrected chi connectivity index (χ1v) is 8.08. The van der Waals surface area contributed by atoms with Crippen molar-refractivity contribution in [3.63, 3.8) is 0 Å². The highest BCUT2D eigenvalue weighted by molar-refractivity contribution is 5.89. The Balaban J connectivity index is 1.59. The van der Waals surface area contributed by atoms with E-state index < -0.39 is 0 Å². The van der Waals surface area contributed by atoms with Gasteiger partial charge in [0.1, 0.15) is 0 Å². The summed E-state index contributed by atoms with van der Waals surface area (Å²) in [6, 6.07) is 18.0. The number of urea groups is 1. The molecule has 120 valence electrons. The van der Waals surface area contributed by atoms with Gasteiger partial charge in [-0.25, -0.2) is 4.79 Å². The third kappa shape index (κ3) is 3.90. The molecule has 0 radical (unpaired) electrons. The van der Waals surface area contributed by atoms with Gasteiger partial charge in [-0.15, -0.1) is 0 Å². The zero-order valence-electron chi connectivity index (χ0n) is 13.1. The lowest BCUT2D eigenvalue weighted by Crippen LogP contribution is -2.41. The highest BCUT2D eigenvalue weighted by Crippen LogP contribution is 2.22. The van der Waals surface area contributed by atoms with Gasteiger partial charge in [0.15, 0.2) is 0 Å². The first-order chi connectivity index (χ1) is 11.3. The molecule has 4 nitrogen and oxygen atoms in total. The van der Waals surface area contributed by atoms with Crippen LogP contribution in [0.3, 0.4) is 0 Å². The van der Waals surface area contributed by atoms with Crippen LogP contribution in [0, 0.1) is 5.92 Å². The number of amides is 2. The second-order valence-corrected chi connectivity index (χ2v) is 5.99. The molecule has 0 spiro atoms. The number of nitrogens with zero attached hydrogens (tertiary/aromatic N) is 1. The molecule has 3 rings (SSSR count). The number of benzene rings is 2. The molecule has 0 aromatic heterocycles. The van der Waals surface area contributed by atoms with Crippen LogP contribution in [0.4, 0.5) is 10.5 Å². The molecule has 2 amide bonds. The minimum absolute atomic E-state index is 0.0612. The van der Waals surface area contributed by atoms with Crippen molar-refractivity contribution in [3.05, 3.63) is 54.6 Å². The van der Waals surface area contributed by atoms with Gasteiger partial charge in [-0.05, 0) is 42.0 Å². The number of aliphatic hydroxyl groups is 1. The van der Waals surface area contributed by atoms with Crippen LogP contribution in [-0.2, 0) is 0 Å². The average Bonchev–Trinajstić information content (AvgIpc) is 2.63. The van der Waals surface area contributed by atoms with E-state index in [4.69, 9.17) is 5.11 Å². The molecule has 1 fully saturated rings. The normalized spacial score (nSPS) is 15.4. The molecular weight excluding hydrogens is 288 g/mol. The van der Waals surface area contributed by atoms with Crippen LogP contribution in [0.15, 0.2) is 54.6 Å². The number of likely N-dealkylation sites (tertiary alicyclic amines) is 1. The Hall–Kier alpha value is -2.33. The Bertz CT molecular complexity index is 632. The fourth-order valence-electron chi connectivity index (χ4n) is 2.90. The lowest BCUT2D eigenvalue weighted by atomic mass is 9.98. The zero-order chi connectivity index (χ0) is 16.1. The van der Waals surface area contributed by atoms with Crippen LogP contribution in [0.1, 0.15) is 12.8 Å². The predicted molar refractivity (Wildman–Crippen MR) is 92.3 cm³/mol.